The molecule has 0 aliphatic carbocycles. The molecule has 0 atom stereocenters. The molecule has 2 heteroatoms. The molecule has 0 fully saturated rings. The fraction of sp³-hybridized carbons (Fsp3) is 0.211. The molecule has 0 saturated heterocycles. The summed E-state index contributed by atoms with van der Waals surface area (Å²) in [6.07, 6.45) is 0.952. The predicted octanol–water partition coefficient (Wildman–Crippen LogP) is 4.30. The lowest BCUT2D eigenvalue weighted by molar-refractivity contribution is 1.42. The average molecular weight is 278 g/mol. The van der Waals surface area contributed by atoms with Gasteiger partial charge in [-0.3, -0.25) is 4.99 Å². The zero-order valence-corrected chi connectivity index (χ0v) is 12.9. The zero-order chi connectivity index (χ0) is 15.2. The van der Waals surface area contributed by atoms with E-state index < -0.39 is 0 Å². The van der Waals surface area contributed by atoms with E-state index in [1.807, 2.05) is 6.07 Å². The van der Waals surface area contributed by atoms with E-state index in [1.165, 1.54) is 35.0 Å². The molecule has 1 aliphatic heterocycles. The Morgan fingerprint density at radius 3 is 2.05 bits per heavy atom. The Morgan fingerprint density at radius 1 is 0.810 bits per heavy atom. The Morgan fingerprint density at radius 2 is 1.43 bits per heavy atom. The number of rotatable bonds is 2. The maximum atomic E-state index is 4.74. The minimum Gasteiger partial charge on any atom is -0.333 e. The fourth-order valence-electron chi connectivity index (χ4n) is 2.47. The molecule has 2 aromatic rings. The molecule has 3 rings (SSSR count). The SMILES string of the molecule is CC1=NC(c2ccccc2)=C(c2ccc(C)cc2)C1.CN. The molecule has 108 valence electrons. The van der Waals surface area contributed by atoms with Crippen LogP contribution in [0.3, 0.4) is 0 Å². The lowest BCUT2D eigenvalue weighted by Gasteiger charge is -2.07. The second kappa shape index (κ2) is 7.00. The Kier molecular flexibility index (Phi) is 5.07. The first-order valence-electron chi connectivity index (χ1n) is 7.21. The van der Waals surface area contributed by atoms with Crippen LogP contribution < -0.4 is 5.73 Å². The van der Waals surface area contributed by atoms with Crippen molar-refractivity contribution in [3.8, 4) is 0 Å². The highest BCUT2D eigenvalue weighted by atomic mass is 14.8. The number of hydrogen-bond donors (Lipinski definition) is 1. The van der Waals surface area contributed by atoms with Crippen LogP contribution >= 0.6 is 0 Å². The number of aliphatic imine (C=N–C) groups is 1. The van der Waals surface area contributed by atoms with E-state index >= 15 is 0 Å². The van der Waals surface area contributed by atoms with Crippen LogP contribution in [0.5, 0.6) is 0 Å². The van der Waals surface area contributed by atoms with E-state index in [2.05, 4.69) is 68.1 Å². The number of allylic oxidation sites excluding steroid dienone is 1. The van der Waals surface area contributed by atoms with Crippen LogP contribution in [-0.4, -0.2) is 12.8 Å². The minimum atomic E-state index is 0.952. The third-order valence-electron chi connectivity index (χ3n) is 3.47. The van der Waals surface area contributed by atoms with Crippen molar-refractivity contribution < 1.29 is 0 Å². The van der Waals surface area contributed by atoms with Gasteiger partial charge in [0.1, 0.15) is 0 Å². The van der Waals surface area contributed by atoms with Gasteiger partial charge in [-0.05, 0) is 32.0 Å². The smallest absolute Gasteiger partial charge is 0.0743 e. The molecule has 1 heterocycles. The van der Waals surface area contributed by atoms with Crippen molar-refractivity contribution in [1.29, 1.82) is 0 Å². The molecule has 21 heavy (non-hydrogen) atoms. The summed E-state index contributed by atoms with van der Waals surface area (Å²) in [6, 6.07) is 19.2. The summed E-state index contributed by atoms with van der Waals surface area (Å²) in [7, 11) is 1.50. The van der Waals surface area contributed by atoms with Crippen molar-refractivity contribution in [2.45, 2.75) is 20.3 Å². The van der Waals surface area contributed by atoms with Crippen LogP contribution in [0.4, 0.5) is 0 Å². The van der Waals surface area contributed by atoms with E-state index in [-0.39, 0.29) is 0 Å². The second-order valence-corrected chi connectivity index (χ2v) is 5.08. The number of hydrogen-bond acceptors (Lipinski definition) is 2. The molecular formula is C19H22N2. The maximum Gasteiger partial charge on any atom is 0.0743 e. The van der Waals surface area contributed by atoms with Crippen molar-refractivity contribution in [2.24, 2.45) is 10.7 Å². The van der Waals surface area contributed by atoms with Gasteiger partial charge >= 0.3 is 0 Å². The Bertz CT molecular complexity index is 650. The van der Waals surface area contributed by atoms with Gasteiger partial charge in [-0.15, -0.1) is 0 Å². The van der Waals surface area contributed by atoms with E-state index in [0.29, 0.717) is 0 Å². The quantitative estimate of drug-likeness (QED) is 0.873. The molecular weight excluding hydrogens is 256 g/mol. The third-order valence-corrected chi connectivity index (χ3v) is 3.47. The number of aryl methyl sites for hydroxylation is 1. The Hall–Kier alpha value is -2.19. The summed E-state index contributed by atoms with van der Waals surface area (Å²) in [5, 5.41) is 0. The summed E-state index contributed by atoms with van der Waals surface area (Å²) < 4.78 is 0. The average Bonchev–Trinajstić information content (AvgIpc) is 2.93. The number of nitrogens with zero attached hydrogens (tertiary/aromatic N) is 1. The number of benzene rings is 2. The van der Waals surface area contributed by atoms with Gasteiger partial charge < -0.3 is 5.73 Å². The molecule has 0 amide bonds. The lowest BCUT2D eigenvalue weighted by atomic mass is 9.97. The van der Waals surface area contributed by atoms with Crippen molar-refractivity contribution in [3.63, 3.8) is 0 Å². The van der Waals surface area contributed by atoms with Gasteiger partial charge in [-0.2, -0.15) is 0 Å². The fourth-order valence-corrected chi connectivity index (χ4v) is 2.47. The van der Waals surface area contributed by atoms with E-state index in [0.717, 1.165) is 12.1 Å². The topological polar surface area (TPSA) is 38.4 Å². The lowest BCUT2D eigenvalue weighted by Crippen LogP contribution is -1.89. The Labute approximate surface area is 127 Å². The van der Waals surface area contributed by atoms with Gasteiger partial charge in [0.25, 0.3) is 0 Å². The van der Waals surface area contributed by atoms with Gasteiger partial charge in [-0.25, -0.2) is 0 Å². The minimum absolute atomic E-state index is 0.952. The standard InChI is InChI=1S/C18H17N.CH5N/c1-13-8-10-15(11-9-13)17-12-14(2)19-18(17)16-6-4-3-5-7-16;1-2/h3-11H,12H2,1-2H3;2H2,1H3. The van der Waals surface area contributed by atoms with Gasteiger partial charge in [-0.1, -0.05) is 60.2 Å². The van der Waals surface area contributed by atoms with Gasteiger partial charge in [0.05, 0.1) is 5.70 Å². The number of nitrogens with two attached hydrogens (primary N) is 1. The van der Waals surface area contributed by atoms with Crippen molar-refractivity contribution >= 4 is 17.0 Å². The molecule has 0 spiro atoms. The monoisotopic (exact) mass is 278 g/mol. The van der Waals surface area contributed by atoms with Crippen molar-refractivity contribution in [2.75, 3.05) is 7.05 Å². The largest absolute Gasteiger partial charge is 0.333 e. The first kappa shape index (κ1) is 15.2. The molecule has 0 saturated carbocycles. The maximum absolute atomic E-state index is 4.74. The molecule has 2 aromatic carbocycles. The molecule has 0 unspecified atom stereocenters. The zero-order valence-electron chi connectivity index (χ0n) is 12.9. The normalized spacial score (nSPS) is 13.6. The van der Waals surface area contributed by atoms with Crippen LogP contribution in [0.1, 0.15) is 30.0 Å². The highest BCUT2D eigenvalue weighted by Gasteiger charge is 2.17. The van der Waals surface area contributed by atoms with E-state index in [4.69, 9.17) is 4.99 Å². The first-order chi connectivity index (χ1) is 10.2. The van der Waals surface area contributed by atoms with Crippen molar-refractivity contribution in [3.05, 3.63) is 71.3 Å². The summed E-state index contributed by atoms with van der Waals surface area (Å²) in [4.78, 5) is 4.74. The molecule has 0 aromatic heterocycles. The van der Waals surface area contributed by atoms with E-state index in [9.17, 15) is 0 Å². The van der Waals surface area contributed by atoms with Gasteiger partial charge in [0.2, 0.25) is 0 Å². The van der Waals surface area contributed by atoms with Crippen molar-refractivity contribution in [1.82, 2.24) is 0 Å². The molecule has 2 nitrogen and oxygen atoms in total. The van der Waals surface area contributed by atoms with Crippen LogP contribution in [0, 0.1) is 6.92 Å². The molecule has 1 aliphatic rings. The highest BCUT2D eigenvalue weighted by molar-refractivity contribution is 6.09. The first-order valence-corrected chi connectivity index (χ1v) is 7.21. The molecule has 2 N–H and O–H groups in total. The molecule has 0 bridgehead atoms. The third kappa shape index (κ3) is 3.47. The Balaban J connectivity index is 0.000000774. The summed E-state index contributed by atoms with van der Waals surface area (Å²) >= 11 is 0. The summed E-state index contributed by atoms with van der Waals surface area (Å²) in [5.74, 6) is 0. The van der Waals surface area contributed by atoms with Crippen LogP contribution in [0.25, 0.3) is 11.3 Å². The van der Waals surface area contributed by atoms with Crippen LogP contribution in [0.2, 0.25) is 0 Å². The van der Waals surface area contributed by atoms with Crippen LogP contribution in [-0.2, 0) is 0 Å². The van der Waals surface area contributed by atoms with E-state index in [1.54, 1.807) is 0 Å². The summed E-state index contributed by atoms with van der Waals surface area (Å²) in [6.45, 7) is 4.22. The summed E-state index contributed by atoms with van der Waals surface area (Å²) in [5.41, 5.74) is 11.9. The second-order valence-electron chi connectivity index (χ2n) is 5.08. The van der Waals surface area contributed by atoms with Gasteiger partial charge in [0, 0.05) is 17.7 Å². The highest BCUT2D eigenvalue weighted by Crippen LogP contribution is 2.35. The van der Waals surface area contributed by atoms with Crippen LogP contribution in [0.15, 0.2) is 59.6 Å². The predicted molar refractivity (Wildman–Crippen MR) is 92.3 cm³/mol. The van der Waals surface area contributed by atoms with Gasteiger partial charge in [0.15, 0.2) is 0 Å². The molecule has 0 radical (unpaired) electrons.